The molecule has 1 heterocycles. The van der Waals surface area contributed by atoms with Gasteiger partial charge < -0.3 is 10.1 Å². The average molecular weight is 368 g/mol. The van der Waals surface area contributed by atoms with E-state index in [0.29, 0.717) is 30.1 Å². The second-order valence-corrected chi connectivity index (χ2v) is 6.47. The predicted octanol–water partition coefficient (Wildman–Crippen LogP) is 4.33. The zero-order valence-corrected chi connectivity index (χ0v) is 13.8. The van der Waals surface area contributed by atoms with E-state index in [9.17, 15) is 0 Å². The molecule has 110 valence electrons. The molecule has 3 rings (SSSR count). The molecule has 0 aliphatic heterocycles. The van der Waals surface area contributed by atoms with Gasteiger partial charge >= 0.3 is 0 Å². The fourth-order valence-electron chi connectivity index (χ4n) is 1.94. The monoisotopic (exact) mass is 366 g/mol. The number of nitrogens with zero attached hydrogens (tertiary/aromatic N) is 1. The standard InChI is InChI=1S/C16H16BrClN2O/c17-12-3-1-11(2-4-12)10-21-16-8-7-14(18)15(20-16)9-19-13-5-6-13/h1-4,7-8,13,19H,5-6,9-10H2. The molecule has 1 N–H and O–H groups in total. The molecule has 0 saturated heterocycles. The summed E-state index contributed by atoms with van der Waals surface area (Å²) in [6.07, 6.45) is 2.49. The summed E-state index contributed by atoms with van der Waals surface area (Å²) in [5.74, 6) is 0.606. The van der Waals surface area contributed by atoms with Crippen LogP contribution in [0.25, 0.3) is 0 Å². The smallest absolute Gasteiger partial charge is 0.213 e. The average Bonchev–Trinajstić information content (AvgIpc) is 3.31. The molecule has 0 atom stereocenters. The van der Waals surface area contributed by atoms with Gasteiger partial charge in [-0.25, -0.2) is 4.98 Å². The van der Waals surface area contributed by atoms with Gasteiger partial charge in [-0.1, -0.05) is 39.7 Å². The summed E-state index contributed by atoms with van der Waals surface area (Å²) in [7, 11) is 0. The van der Waals surface area contributed by atoms with Gasteiger partial charge in [-0.3, -0.25) is 0 Å². The van der Waals surface area contributed by atoms with Gasteiger partial charge in [0, 0.05) is 23.1 Å². The first-order chi connectivity index (χ1) is 10.2. The van der Waals surface area contributed by atoms with E-state index in [2.05, 4.69) is 26.2 Å². The molecule has 0 amide bonds. The topological polar surface area (TPSA) is 34.1 Å². The molecule has 1 aromatic carbocycles. The Labute approximate surface area is 137 Å². The lowest BCUT2D eigenvalue weighted by molar-refractivity contribution is 0.293. The maximum absolute atomic E-state index is 6.17. The van der Waals surface area contributed by atoms with E-state index in [1.807, 2.05) is 36.4 Å². The highest BCUT2D eigenvalue weighted by Crippen LogP contribution is 2.22. The second kappa shape index (κ2) is 6.77. The van der Waals surface area contributed by atoms with Crippen molar-refractivity contribution in [1.82, 2.24) is 10.3 Å². The first kappa shape index (κ1) is 14.8. The summed E-state index contributed by atoms with van der Waals surface area (Å²) in [6, 6.07) is 12.3. The van der Waals surface area contributed by atoms with Gasteiger partial charge in [-0.15, -0.1) is 0 Å². The molecule has 2 aromatic rings. The van der Waals surface area contributed by atoms with E-state index >= 15 is 0 Å². The third-order valence-corrected chi connectivity index (χ3v) is 4.20. The third kappa shape index (κ3) is 4.43. The largest absolute Gasteiger partial charge is 0.473 e. The molecular formula is C16H16BrClN2O. The summed E-state index contributed by atoms with van der Waals surface area (Å²) >= 11 is 9.59. The zero-order chi connectivity index (χ0) is 14.7. The minimum Gasteiger partial charge on any atom is -0.473 e. The quantitative estimate of drug-likeness (QED) is 0.825. The number of ether oxygens (including phenoxy) is 1. The van der Waals surface area contributed by atoms with Crippen LogP contribution in [0.2, 0.25) is 5.02 Å². The molecule has 1 fully saturated rings. The van der Waals surface area contributed by atoms with E-state index in [-0.39, 0.29) is 0 Å². The van der Waals surface area contributed by atoms with Crippen LogP contribution in [0.1, 0.15) is 24.1 Å². The third-order valence-electron chi connectivity index (χ3n) is 3.33. The summed E-state index contributed by atoms with van der Waals surface area (Å²) in [5.41, 5.74) is 1.95. The Balaban J connectivity index is 1.61. The fraction of sp³-hybridized carbons (Fsp3) is 0.312. The van der Waals surface area contributed by atoms with Crippen molar-refractivity contribution in [1.29, 1.82) is 0 Å². The number of hydrogen-bond donors (Lipinski definition) is 1. The minimum atomic E-state index is 0.497. The number of halogens is 2. The molecule has 3 nitrogen and oxygen atoms in total. The number of benzene rings is 1. The fourth-order valence-corrected chi connectivity index (χ4v) is 2.37. The SMILES string of the molecule is Clc1ccc(OCc2ccc(Br)cc2)nc1CNC1CC1. The summed E-state index contributed by atoms with van der Waals surface area (Å²) in [5, 5.41) is 4.09. The highest BCUT2D eigenvalue weighted by atomic mass is 79.9. The van der Waals surface area contributed by atoms with E-state index in [0.717, 1.165) is 15.7 Å². The van der Waals surface area contributed by atoms with E-state index < -0.39 is 0 Å². The second-order valence-electron chi connectivity index (χ2n) is 5.15. The van der Waals surface area contributed by atoms with Gasteiger partial charge in [-0.2, -0.15) is 0 Å². The van der Waals surface area contributed by atoms with Gasteiger partial charge in [0.05, 0.1) is 10.7 Å². The maximum Gasteiger partial charge on any atom is 0.213 e. The van der Waals surface area contributed by atoms with Crippen molar-refractivity contribution in [2.24, 2.45) is 0 Å². The lowest BCUT2D eigenvalue weighted by Gasteiger charge is -2.09. The van der Waals surface area contributed by atoms with Crippen LogP contribution in [-0.2, 0) is 13.2 Å². The van der Waals surface area contributed by atoms with Crippen LogP contribution >= 0.6 is 27.5 Å². The molecule has 21 heavy (non-hydrogen) atoms. The molecule has 1 aliphatic rings. The Morgan fingerprint density at radius 2 is 1.95 bits per heavy atom. The van der Waals surface area contributed by atoms with Crippen LogP contribution in [0.15, 0.2) is 40.9 Å². The first-order valence-corrected chi connectivity index (χ1v) is 8.14. The van der Waals surface area contributed by atoms with Crippen molar-refractivity contribution in [3.8, 4) is 5.88 Å². The molecule has 1 saturated carbocycles. The Kier molecular flexibility index (Phi) is 4.78. The van der Waals surface area contributed by atoms with Gasteiger partial charge in [0.1, 0.15) is 6.61 Å². The van der Waals surface area contributed by atoms with Gasteiger partial charge in [-0.05, 0) is 36.6 Å². The van der Waals surface area contributed by atoms with Crippen LogP contribution in [-0.4, -0.2) is 11.0 Å². The molecule has 1 aromatic heterocycles. The van der Waals surface area contributed by atoms with Crippen LogP contribution < -0.4 is 10.1 Å². The molecule has 5 heteroatoms. The van der Waals surface area contributed by atoms with Crippen LogP contribution in [0.5, 0.6) is 5.88 Å². The van der Waals surface area contributed by atoms with Crippen molar-refractivity contribution < 1.29 is 4.74 Å². The summed E-state index contributed by atoms with van der Waals surface area (Å²) in [4.78, 5) is 4.48. The van der Waals surface area contributed by atoms with Crippen molar-refractivity contribution in [3.63, 3.8) is 0 Å². The highest BCUT2D eigenvalue weighted by molar-refractivity contribution is 9.10. The maximum atomic E-state index is 6.17. The van der Waals surface area contributed by atoms with E-state index in [4.69, 9.17) is 16.3 Å². The number of hydrogen-bond acceptors (Lipinski definition) is 3. The normalized spacial score (nSPS) is 14.2. The number of nitrogens with one attached hydrogen (secondary N) is 1. The molecule has 0 bridgehead atoms. The minimum absolute atomic E-state index is 0.497. The molecule has 0 spiro atoms. The van der Waals surface area contributed by atoms with Crippen molar-refractivity contribution >= 4 is 27.5 Å². The lowest BCUT2D eigenvalue weighted by atomic mass is 10.2. The summed E-state index contributed by atoms with van der Waals surface area (Å²) < 4.78 is 6.80. The molecule has 0 unspecified atom stereocenters. The zero-order valence-electron chi connectivity index (χ0n) is 11.5. The van der Waals surface area contributed by atoms with Crippen molar-refractivity contribution in [2.75, 3.05) is 0 Å². The van der Waals surface area contributed by atoms with Gasteiger partial charge in [0.25, 0.3) is 0 Å². The Morgan fingerprint density at radius 3 is 2.67 bits per heavy atom. The lowest BCUT2D eigenvalue weighted by Crippen LogP contribution is -2.16. The predicted molar refractivity (Wildman–Crippen MR) is 87.6 cm³/mol. The molecule has 1 aliphatic carbocycles. The number of aromatic nitrogens is 1. The Morgan fingerprint density at radius 1 is 1.19 bits per heavy atom. The number of pyridine rings is 1. The van der Waals surface area contributed by atoms with E-state index in [1.165, 1.54) is 12.8 Å². The highest BCUT2D eigenvalue weighted by Gasteiger charge is 2.20. The van der Waals surface area contributed by atoms with Gasteiger partial charge in [0.2, 0.25) is 5.88 Å². The van der Waals surface area contributed by atoms with E-state index in [1.54, 1.807) is 0 Å². The van der Waals surface area contributed by atoms with Crippen LogP contribution in [0, 0.1) is 0 Å². The number of rotatable bonds is 6. The summed E-state index contributed by atoms with van der Waals surface area (Å²) in [6.45, 7) is 1.19. The molecular weight excluding hydrogens is 352 g/mol. The van der Waals surface area contributed by atoms with Crippen molar-refractivity contribution in [2.45, 2.75) is 32.0 Å². The first-order valence-electron chi connectivity index (χ1n) is 6.97. The van der Waals surface area contributed by atoms with Crippen LogP contribution in [0.3, 0.4) is 0 Å². The van der Waals surface area contributed by atoms with Crippen LogP contribution in [0.4, 0.5) is 0 Å². The Bertz CT molecular complexity index is 614. The molecule has 0 radical (unpaired) electrons. The van der Waals surface area contributed by atoms with Gasteiger partial charge in [0.15, 0.2) is 0 Å². The Hall–Kier alpha value is -1.10. The van der Waals surface area contributed by atoms with Crippen molar-refractivity contribution in [3.05, 3.63) is 57.2 Å².